The predicted molar refractivity (Wildman–Crippen MR) is 89.5 cm³/mol. The highest BCUT2D eigenvalue weighted by Crippen LogP contribution is 2.32. The molecule has 2 N–H and O–H groups in total. The van der Waals surface area contributed by atoms with Gasteiger partial charge in [-0.1, -0.05) is 25.1 Å². The summed E-state index contributed by atoms with van der Waals surface area (Å²) in [6, 6.07) is 4.76. The minimum atomic E-state index is -4.56. The molecule has 1 aromatic rings. The normalized spacial score (nSPS) is 22.0. The topological polar surface area (TPSA) is 58.2 Å². The molecule has 4 nitrogen and oxygen atoms in total. The number of halogens is 4. The van der Waals surface area contributed by atoms with Gasteiger partial charge in [0.05, 0.1) is 11.3 Å². The largest absolute Gasteiger partial charge is 0.416 e. The SMILES string of the molecule is CC1(CNS(=O)(=O)Cc2ccccc2C(F)(F)F)CCCNC1.Cl. The van der Waals surface area contributed by atoms with Gasteiger partial charge in [0, 0.05) is 13.1 Å². The molecule has 0 radical (unpaired) electrons. The Hall–Kier alpha value is -0.830. The molecule has 1 fully saturated rings. The van der Waals surface area contributed by atoms with Gasteiger partial charge >= 0.3 is 6.18 Å². The van der Waals surface area contributed by atoms with Crippen LogP contribution in [-0.4, -0.2) is 28.1 Å². The summed E-state index contributed by atoms with van der Waals surface area (Å²) in [5, 5.41) is 3.21. The van der Waals surface area contributed by atoms with Crippen LogP contribution in [0.2, 0.25) is 0 Å². The molecular weight excluding hydrogens is 365 g/mol. The van der Waals surface area contributed by atoms with Crippen LogP contribution in [0.15, 0.2) is 24.3 Å². The van der Waals surface area contributed by atoms with Crippen molar-refractivity contribution in [1.29, 1.82) is 0 Å². The van der Waals surface area contributed by atoms with Crippen LogP contribution >= 0.6 is 12.4 Å². The lowest BCUT2D eigenvalue weighted by atomic mass is 9.83. The maximum Gasteiger partial charge on any atom is 0.416 e. The molecule has 0 bridgehead atoms. The zero-order valence-electron chi connectivity index (χ0n) is 13.3. The van der Waals surface area contributed by atoms with Crippen LogP contribution in [0.3, 0.4) is 0 Å². The quantitative estimate of drug-likeness (QED) is 0.818. The van der Waals surface area contributed by atoms with Gasteiger partial charge in [-0.05, 0) is 36.4 Å². The molecule has 1 aliphatic heterocycles. The van der Waals surface area contributed by atoms with Gasteiger partial charge in [-0.25, -0.2) is 13.1 Å². The lowest BCUT2D eigenvalue weighted by molar-refractivity contribution is -0.138. The first-order valence-electron chi connectivity index (χ1n) is 7.45. The predicted octanol–water partition coefficient (Wildman–Crippen LogP) is 2.94. The smallest absolute Gasteiger partial charge is 0.316 e. The van der Waals surface area contributed by atoms with Crippen molar-refractivity contribution in [2.45, 2.75) is 31.7 Å². The standard InChI is InChI=1S/C15H21F3N2O2S.ClH/c1-14(7-4-8-19-10-14)11-20-23(21,22)9-12-5-2-3-6-13(12)15(16,17)18;/h2-3,5-6,19-20H,4,7-11H2,1H3;1H. The van der Waals surface area contributed by atoms with Gasteiger partial charge in [0.25, 0.3) is 0 Å². The van der Waals surface area contributed by atoms with E-state index < -0.39 is 27.5 Å². The number of hydrogen-bond donors (Lipinski definition) is 2. The summed E-state index contributed by atoms with van der Waals surface area (Å²) in [7, 11) is -3.83. The Balaban J connectivity index is 0.00000288. The van der Waals surface area contributed by atoms with Gasteiger partial charge in [-0.2, -0.15) is 13.2 Å². The summed E-state index contributed by atoms with van der Waals surface area (Å²) in [4.78, 5) is 0. The number of piperidine rings is 1. The third kappa shape index (κ3) is 5.91. The first kappa shape index (κ1) is 21.2. The van der Waals surface area contributed by atoms with Gasteiger partial charge in [0.2, 0.25) is 10.0 Å². The Morgan fingerprint density at radius 1 is 1.29 bits per heavy atom. The molecule has 1 saturated heterocycles. The van der Waals surface area contributed by atoms with E-state index in [0.29, 0.717) is 6.54 Å². The fraction of sp³-hybridized carbons (Fsp3) is 0.600. The third-order valence-electron chi connectivity index (χ3n) is 4.07. The third-order valence-corrected chi connectivity index (χ3v) is 5.35. The second-order valence-corrected chi connectivity index (χ2v) is 8.13. The van der Waals surface area contributed by atoms with E-state index in [9.17, 15) is 21.6 Å². The van der Waals surface area contributed by atoms with Gasteiger partial charge in [0.15, 0.2) is 0 Å². The van der Waals surface area contributed by atoms with Crippen molar-refractivity contribution in [3.05, 3.63) is 35.4 Å². The number of sulfonamides is 1. The molecule has 0 aliphatic carbocycles. The number of hydrogen-bond acceptors (Lipinski definition) is 3. The van der Waals surface area contributed by atoms with Crippen LogP contribution in [0.4, 0.5) is 13.2 Å². The summed E-state index contributed by atoms with van der Waals surface area (Å²) in [6.45, 7) is 3.78. The van der Waals surface area contributed by atoms with Crippen molar-refractivity contribution < 1.29 is 21.6 Å². The van der Waals surface area contributed by atoms with Gasteiger partial charge in [-0.3, -0.25) is 0 Å². The monoisotopic (exact) mass is 386 g/mol. The second-order valence-electron chi connectivity index (χ2n) is 6.33. The highest BCUT2D eigenvalue weighted by molar-refractivity contribution is 7.88. The molecule has 0 amide bonds. The molecule has 1 unspecified atom stereocenters. The van der Waals surface area contributed by atoms with Crippen LogP contribution in [0.25, 0.3) is 0 Å². The van der Waals surface area contributed by atoms with E-state index in [4.69, 9.17) is 0 Å². The zero-order chi connectivity index (χ0) is 17.1. The summed E-state index contributed by atoms with van der Waals surface area (Å²) in [6.07, 6.45) is -2.73. The van der Waals surface area contributed by atoms with Crippen molar-refractivity contribution >= 4 is 22.4 Å². The van der Waals surface area contributed by atoms with Crippen LogP contribution in [0.5, 0.6) is 0 Å². The van der Waals surface area contributed by atoms with E-state index in [-0.39, 0.29) is 29.9 Å². The van der Waals surface area contributed by atoms with E-state index in [1.165, 1.54) is 18.2 Å². The highest BCUT2D eigenvalue weighted by atomic mass is 35.5. The van der Waals surface area contributed by atoms with E-state index in [1.807, 2.05) is 6.92 Å². The van der Waals surface area contributed by atoms with E-state index in [0.717, 1.165) is 25.5 Å². The Bertz CT molecular complexity index is 644. The van der Waals surface area contributed by atoms with Crippen LogP contribution in [0.1, 0.15) is 30.9 Å². The van der Waals surface area contributed by atoms with Crippen LogP contribution in [-0.2, 0) is 22.0 Å². The maximum absolute atomic E-state index is 12.9. The second kappa shape index (κ2) is 8.03. The van der Waals surface area contributed by atoms with Crippen molar-refractivity contribution in [3.63, 3.8) is 0 Å². The summed E-state index contributed by atoms with van der Waals surface area (Å²) < 4.78 is 65.6. The minimum absolute atomic E-state index is 0. The number of benzene rings is 1. The summed E-state index contributed by atoms with van der Waals surface area (Å²) >= 11 is 0. The molecule has 0 spiro atoms. The Labute approximate surface area is 146 Å². The molecule has 1 aliphatic rings. The maximum atomic E-state index is 12.9. The molecule has 1 heterocycles. The van der Waals surface area contributed by atoms with E-state index in [2.05, 4.69) is 10.0 Å². The van der Waals surface area contributed by atoms with Gasteiger partial charge in [-0.15, -0.1) is 12.4 Å². The molecular formula is C15H22ClF3N2O2S. The lowest BCUT2D eigenvalue weighted by Gasteiger charge is -2.34. The van der Waals surface area contributed by atoms with Crippen LogP contribution < -0.4 is 10.0 Å². The molecule has 24 heavy (non-hydrogen) atoms. The van der Waals surface area contributed by atoms with Crippen molar-refractivity contribution in [3.8, 4) is 0 Å². The van der Waals surface area contributed by atoms with E-state index >= 15 is 0 Å². The van der Waals surface area contributed by atoms with Gasteiger partial charge < -0.3 is 5.32 Å². The fourth-order valence-electron chi connectivity index (χ4n) is 2.73. The van der Waals surface area contributed by atoms with E-state index in [1.54, 1.807) is 0 Å². The van der Waals surface area contributed by atoms with Crippen molar-refractivity contribution in [2.75, 3.05) is 19.6 Å². The average Bonchev–Trinajstić information content (AvgIpc) is 2.45. The number of alkyl halides is 3. The number of nitrogens with one attached hydrogen (secondary N) is 2. The average molecular weight is 387 g/mol. The summed E-state index contributed by atoms with van der Waals surface area (Å²) in [5.41, 5.74) is -1.36. The molecule has 0 aromatic heterocycles. The minimum Gasteiger partial charge on any atom is -0.316 e. The summed E-state index contributed by atoms with van der Waals surface area (Å²) in [5.74, 6) is -0.674. The lowest BCUT2D eigenvalue weighted by Crippen LogP contribution is -2.45. The molecule has 0 saturated carbocycles. The molecule has 9 heteroatoms. The molecule has 1 atom stereocenters. The Morgan fingerprint density at radius 2 is 1.96 bits per heavy atom. The highest BCUT2D eigenvalue weighted by Gasteiger charge is 2.34. The van der Waals surface area contributed by atoms with Crippen LogP contribution in [0, 0.1) is 5.41 Å². The Morgan fingerprint density at radius 3 is 2.54 bits per heavy atom. The first-order valence-corrected chi connectivity index (χ1v) is 9.10. The zero-order valence-corrected chi connectivity index (χ0v) is 15.0. The molecule has 1 aromatic carbocycles. The first-order chi connectivity index (χ1) is 10.6. The number of rotatable bonds is 5. The Kier molecular flexibility index (Phi) is 7.10. The van der Waals surface area contributed by atoms with Crippen molar-refractivity contribution in [2.24, 2.45) is 5.41 Å². The van der Waals surface area contributed by atoms with Crippen molar-refractivity contribution in [1.82, 2.24) is 10.0 Å². The molecule has 138 valence electrons. The molecule has 2 rings (SSSR count). The fourth-order valence-corrected chi connectivity index (χ4v) is 4.06. The van der Waals surface area contributed by atoms with Gasteiger partial charge in [0.1, 0.15) is 0 Å².